The maximum atomic E-state index is 11.2. The first-order valence-electron chi connectivity index (χ1n) is 7.76. The molecule has 0 fully saturated rings. The van der Waals surface area contributed by atoms with Crippen molar-refractivity contribution in [3.05, 3.63) is 63.3 Å². The van der Waals surface area contributed by atoms with Gasteiger partial charge in [0.15, 0.2) is 6.29 Å². The SMILES string of the molecule is CC.Cc1cccc(C)c1Cn1nc(C=O)c2ccc(Br)cc21. The molecule has 0 aliphatic rings. The molecule has 1 aromatic heterocycles. The molecule has 120 valence electrons. The minimum atomic E-state index is 0.490. The molecule has 0 spiro atoms. The predicted octanol–water partition coefficient (Wildman–Crippen LogP) is 5.30. The van der Waals surface area contributed by atoms with Gasteiger partial charge < -0.3 is 0 Å². The topological polar surface area (TPSA) is 34.9 Å². The van der Waals surface area contributed by atoms with Crippen molar-refractivity contribution in [3.8, 4) is 0 Å². The fourth-order valence-electron chi connectivity index (χ4n) is 2.63. The first-order chi connectivity index (χ1) is 11.1. The average molecular weight is 373 g/mol. The quantitative estimate of drug-likeness (QED) is 0.584. The number of rotatable bonds is 3. The van der Waals surface area contributed by atoms with E-state index >= 15 is 0 Å². The number of hydrogen-bond donors (Lipinski definition) is 0. The summed E-state index contributed by atoms with van der Waals surface area (Å²) in [5.74, 6) is 0. The summed E-state index contributed by atoms with van der Waals surface area (Å²) in [5, 5.41) is 5.34. The summed E-state index contributed by atoms with van der Waals surface area (Å²) in [4.78, 5) is 11.2. The van der Waals surface area contributed by atoms with Crippen molar-refractivity contribution >= 4 is 33.1 Å². The Bertz CT molecular complexity index is 816. The molecule has 0 aliphatic heterocycles. The Labute approximate surface area is 145 Å². The zero-order chi connectivity index (χ0) is 17.0. The molecule has 23 heavy (non-hydrogen) atoms. The van der Waals surface area contributed by atoms with Gasteiger partial charge in [-0.1, -0.05) is 48.0 Å². The van der Waals surface area contributed by atoms with Gasteiger partial charge in [-0.05, 0) is 48.7 Å². The number of aryl methyl sites for hydroxylation is 2. The van der Waals surface area contributed by atoms with Gasteiger partial charge in [0, 0.05) is 9.86 Å². The standard InChI is InChI=1S/C17H15BrN2O.C2H6/c1-11-4-3-5-12(2)15(11)9-20-17-8-13(18)6-7-14(17)16(10-21)19-20;1-2/h3-8,10H,9H2,1-2H3;1-2H3. The molecule has 0 N–H and O–H groups in total. The van der Waals surface area contributed by atoms with Gasteiger partial charge in [-0.3, -0.25) is 9.48 Å². The minimum absolute atomic E-state index is 0.490. The lowest BCUT2D eigenvalue weighted by Crippen LogP contribution is -2.05. The largest absolute Gasteiger partial charge is 0.296 e. The first kappa shape index (κ1) is 17.4. The van der Waals surface area contributed by atoms with Crippen LogP contribution in [0, 0.1) is 13.8 Å². The Balaban J connectivity index is 0.000000924. The lowest BCUT2D eigenvalue weighted by Gasteiger charge is -2.10. The van der Waals surface area contributed by atoms with Crippen LogP contribution in [-0.2, 0) is 6.54 Å². The Hall–Kier alpha value is -1.94. The maximum Gasteiger partial charge on any atom is 0.170 e. The van der Waals surface area contributed by atoms with Crippen molar-refractivity contribution in [2.24, 2.45) is 0 Å². The summed E-state index contributed by atoms with van der Waals surface area (Å²) in [6.07, 6.45) is 0.817. The zero-order valence-electron chi connectivity index (χ0n) is 13.9. The lowest BCUT2D eigenvalue weighted by molar-refractivity contribution is 0.111. The normalized spacial score (nSPS) is 10.3. The molecule has 0 amide bonds. The van der Waals surface area contributed by atoms with Crippen LogP contribution in [0.4, 0.5) is 0 Å². The predicted molar refractivity (Wildman–Crippen MR) is 99.2 cm³/mol. The molecule has 2 aromatic carbocycles. The Morgan fingerprint density at radius 1 is 1.13 bits per heavy atom. The summed E-state index contributed by atoms with van der Waals surface area (Å²) >= 11 is 3.48. The summed E-state index contributed by atoms with van der Waals surface area (Å²) < 4.78 is 2.88. The maximum absolute atomic E-state index is 11.2. The zero-order valence-corrected chi connectivity index (χ0v) is 15.5. The number of aldehydes is 1. The summed E-state index contributed by atoms with van der Waals surface area (Å²) in [7, 11) is 0. The second-order valence-electron chi connectivity index (χ2n) is 5.19. The highest BCUT2D eigenvalue weighted by Gasteiger charge is 2.12. The second kappa shape index (κ2) is 7.55. The van der Waals surface area contributed by atoms with E-state index in [-0.39, 0.29) is 0 Å². The van der Waals surface area contributed by atoms with Crippen molar-refractivity contribution in [2.75, 3.05) is 0 Å². The Kier molecular flexibility index (Phi) is 5.72. The fourth-order valence-corrected chi connectivity index (χ4v) is 2.98. The van der Waals surface area contributed by atoms with Crippen molar-refractivity contribution in [1.82, 2.24) is 9.78 Å². The summed E-state index contributed by atoms with van der Waals surface area (Å²) in [5.41, 5.74) is 5.18. The van der Waals surface area contributed by atoms with Crippen LogP contribution >= 0.6 is 15.9 Å². The molecule has 4 heteroatoms. The van der Waals surface area contributed by atoms with E-state index in [1.165, 1.54) is 16.7 Å². The van der Waals surface area contributed by atoms with Crippen LogP contribution in [0.1, 0.15) is 41.0 Å². The van der Waals surface area contributed by atoms with E-state index in [9.17, 15) is 4.79 Å². The molecule has 0 unspecified atom stereocenters. The van der Waals surface area contributed by atoms with Crippen LogP contribution in [0.3, 0.4) is 0 Å². The molecular weight excluding hydrogens is 352 g/mol. The lowest BCUT2D eigenvalue weighted by atomic mass is 10.0. The van der Waals surface area contributed by atoms with E-state index in [0.717, 1.165) is 21.7 Å². The number of carbonyl (C=O) groups is 1. The second-order valence-corrected chi connectivity index (χ2v) is 6.11. The molecule has 3 nitrogen and oxygen atoms in total. The van der Waals surface area contributed by atoms with Crippen LogP contribution in [0.15, 0.2) is 40.9 Å². The van der Waals surface area contributed by atoms with E-state index in [2.05, 4.69) is 53.1 Å². The number of fused-ring (bicyclic) bond motifs is 1. The van der Waals surface area contributed by atoms with Crippen LogP contribution < -0.4 is 0 Å². The van der Waals surface area contributed by atoms with Crippen LogP contribution in [-0.4, -0.2) is 16.1 Å². The first-order valence-corrected chi connectivity index (χ1v) is 8.56. The van der Waals surface area contributed by atoms with Crippen molar-refractivity contribution in [2.45, 2.75) is 34.2 Å². The van der Waals surface area contributed by atoms with Gasteiger partial charge in [0.1, 0.15) is 5.69 Å². The number of nitrogens with zero attached hydrogens (tertiary/aromatic N) is 2. The van der Waals surface area contributed by atoms with Crippen molar-refractivity contribution in [1.29, 1.82) is 0 Å². The highest BCUT2D eigenvalue weighted by atomic mass is 79.9. The monoisotopic (exact) mass is 372 g/mol. The average Bonchev–Trinajstić information content (AvgIpc) is 2.90. The van der Waals surface area contributed by atoms with Gasteiger partial charge >= 0.3 is 0 Å². The highest BCUT2D eigenvalue weighted by Crippen LogP contribution is 2.24. The van der Waals surface area contributed by atoms with Gasteiger partial charge in [0.05, 0.1) is 12.1 Å². The Morgan fingerprint density at radius 3 is 2.39 bits per heavy atom. The van der Waals surface area contributed by atoms with E-state index in [1.54, 1.807) is 0 Å². The smallest absolute Gasteiger partial charge is 0.170 e. The van der Waals surface area contributed by atoms with Crippen LogP contribution in [0.2, 0.25) is 0 Å². The van der Waals surface area contributed by atoms with Gasteiger partial charge in [0.2, 0.25) is 0 Å². The molecule has 0 bridgehead atoms. The molecular formula is C19H21BrN2O. The van der Waals surface area contributed by atoms with Crippen LogP contribution in [0.5, 0.6) is 0 Å². The van der Waals surface area contributed by atoms with Crippen LogP contribution in [0.25, 0.3) is 10.9 Å². The summed E-state index contributed by atoms with van der Waals surface area (Å²) in [6.45, 7) is 8.87. The minimum Gasteiger partial charge on any atom is -0.296 e. The molecule has 1 heterocycles. The highest BCUT2D eigenvalue weighted by molar-refractivity contribution is 9.10. The van der Waals surface area contributed by atoms with E-state index in [0.29, 0.717) is 12.2 Å². The fraction of sp³-hybridized carbons (Fsp3) is 0.263. The number of hydrogen-bond acceptors (Lipinski definition) is 2. The number of benzene rings is 2. The van der Waals surface area contributed by atoms with Gasteiger partial charge in [-0.2, -0.15) is 5.10 Å². The van der Waals surface area contributed by atoms with Gasteiger partial charge in [-0.25, -0.2) is 0 Å². The molecule has 0 saturated heterocycles. The number of aromatic nitrogens is 2. The van der Waals surface area contributed by atoms with Crippen molar-refractivity contribution in [3.63, 3.8) is 0 Å². The third kappa shape index (κ3) is 3.53. The third-order valence-electron chi connectivity index (χ3n) is 3.81. The van der Waals surface area contributed by atoms with Crippen molar-refractivity contribution < 1.29 is 4.79 Å². The van der Waals surface area contributed by atoms with Gasteiger partial charge in [-0.15, -0.1) is 0 Å². The molecule has 3 rings (SSSR count). The Morgan fingerprint density at radius 2 is 1.78 bits per heavy atom. The molecule has 0 aliphatic carbocycles. The van der Waals surface area contributed by atoms with Gasteiger partial charge in [0.25, 0.3) is 0 Å². The molecule has 0 atom stereocenters. The van der Waals surface area contributed by atoms with E-state index in [1.807, 2.05) is 36.7 Å². The molecule has 0 saturated carbocycles. The van der Waals surface area contributed by atoms with E-state index in [4.69, 9.17) is 0 Å². The molecule has 3 aromatic rings. The number of halogens is 1. The third-order valence-corrected chi connectivity index (χ3v) is 4.30. The molecule has 0 radical (unpaired) electrons. The summed E-state index contributed by atoms with van der Waals surface area (Å²) in [6, 6.07) is 12.1. The van der Waals surface area contributed by atoms with E-state index < -0.39 is 0 Å². The number of carbonyl (C=O) groups excluding carboxylic acids is 1.